The van der Waals surface area contributed by atoms with Crippen LogP contribution in [-0.4, -0.2) is 10.5 Å². The average Bonchev–Trinajstić information content (AvgIpc) is 3.40. The van der Waals surface area contributed by atoms with Gasteiger partial charge in [0.05, 0.1) is 16.6 Å². The smallest absolute Gasteiger partial charge is 0.343 e. The summed E-state index contributed by atoms with van der Waals surface area (Å²) in [7, 11) is 0. The number of rotatable bonds is 7. The van der Waals surface area contributed by atoms with Crippen LogP contribution in [0.25, 0.3) is 38.6 Å². The van der Waals surface area contributed by atoms with E-state index in [4.69, 9.17) is 4.74 Å². The van der Waals surface area contributed by atoms with E-state index in [1.807, 2.05) is 54.6 Å². The van der Waals surface area contributed by atoms with E-state index in [2.05, 4.69) is 109 Å². The molecule has 44 heavy (non-hydrogen) atoms. The Bertz CT molecular complexity index is 2030. The average molecular weight is 572 g/mol. The molecule has 0 atom stereocenters. The molecule has 0 spiro atoms. The molecule has 3 nitrogen and oxygen atoms in total. The van der Waals surface area contributed by atoms with Gasteiger partial charge in [0.15, 0.2) is 0 Å². The van der Waals surface area contributed by atoms with E-state index in [0.29, 0.717) is 17.2 Å². The second kappa shape index (κ2) is 11.7. The summed E-state index contributed by atoms with van der Waals surface area (Å²) in [5.41, 5.74) is 9.94. The van der Waals surface area contributed by atoms with E-state index >= 15 is 0 Å². The molecule has 0 unspecified atom stereocenters. The molecule has 0 aliphatic rings. The molecule has 1 heterocycles. The molecule has 0 saturated carbocycles. The van der Waals surface area contributed by atoms with E-state index in [1.165, 1.54) is 33.0 Å². The topological polar surface area (TPSA) is 31.2 Å². The molecule has 0 aliphatic carbocycles. The zero-order valence-electron chi connectivity index (χ0n) is 24.9. The second-order valence-electron chi connectivity index (χ2n) is 11.6. The number of esters is 1. The first kappa shape index (κ1) is 27.4. The zero-order valence-corrected chi connectivity index (χ0v) is 24.9. The van der Waals surface area contributed by atoms with E-state index < -0.39 is 0 Å². The van der Waals surface area contributed by atoms with Crippen LogP contribution in [-0.2, 0) is 6.42 Å². The normalized spacial score (nSPS) is 11.3. The van der Waals surface area contributed by atoms with Gasteiger partial charge in [0.25, 0.3) is 0 Å². The van der Waals surface area contributed by atoms with Crippen LogP contribution in [0.15, 0.2) is 146 Å². The summed E-state index contributed by atoms with van der Waals surface area (Å²) >= 11 is 0. The molecule has 0 saturated heterocycles. The van der Waals surface area contributed by atoms with E-state index in [-0.39, 0.29) is 5.97 Å². The lowest BCUT2D eigenvalue weighted by Crippen LogP contribution is -2.08. The van der Waals surface area contributed by atoms with Crippen molar-refractivity contribution in [1.82, 2.24) is 4.57 Å². The fourth-order valence-electron chi connectivity index (χ4n) is 6.01. The molecule has 7 rings (SSSR count). The molecule has 0 N–H and O–H groups in total. The number of benzene rings is 6. The van der Waals surface area contributed by atoms with Crippen molar-refractivity contribution in [3.8, 4) is 22.6 Å². The maximum atomic E-state index is 13.1. The molecule has 0 radical (unpaired) electrons. The van der Waals surface area contributed by atoms with Gasteiger partial charge in [0.1, 0.15) is 5.75 Å². The molecule has 0 bridgehead atoms. The summed E-state index contributed by atoms with van der Waals surface area (Å²) in [5, 5.41) is 2.41. The van der Waals surface area contributed by atoms with E-state index in [1.54, 1.807) is 0 Å². The highest BCUT2D eigenvalue weighted by molar-refractivity contribution is 6.09. The summed E-state index contributed by atoms with van der Waals surface area (Å²) in [6.45, 7) is 4.43. The van der Waals surface area contributed by atoms with Gasteiger partial charge in [-0.3, -0.25) is 0 Å². The van der Waals surface area contributed by atoms with Gasteiger partial charge in [0.2, 0.25) is 0 Å². The summed E-state index contributed by atoms with van der Waals surface area (Å²) in [5.74, 6) is 0.578. The number of para-hydroxylation sites is 2. The molecular weight excluding hydrogens is 538 g/mol. The third-order valence-electron chi connectivity index (χ3n) is 8.36. The van der Waals surface area contributed by atoms with Crippen LogP contribution in [0.5, 0.6) is 5.75 Å². The summed E-state index contributed by atoms with van der Waals surface area (Å²) < 4.78 is 8.04. The number of carbonyl (C=O) groups excluding carboxylic acids is 1. The number of aromatic nitrogens is 1. The molecule has 0 fully saturated rings. The molecule has 214 valence electrons. The number of hydrogen-bond donors (Lipinski definition) is 0. The van der Waals surface area contributed by atoms with Gasteiger partial charge in [-0.2, -0.15) is 0 Å². The molecule has 0 amide bonds. The van der Waals surface area contributed by atoms with Crippen LogP contribution < -0.4 is 4.74 Å². The number of ether oxygens (including phenoxy) is 1. The van der Waals surface area contributed by atoms with E-state index in [0.717, 1.165) is 28.7 Å². The minimum absolute atomic E-state index is 0.377. The van der Waals surface area contributed by atoms with Crippen molar-refractivity contribution in [2.75, 3.05) is 0 Å². The number of carbonyl (C=O) groups is 1. The fourth-order valence-corrected chi connectivity index (χ4v) is 6.01. The minimum atomic E-state index is -0.377. The molecule has 1 aromatic heterocycles. The van der Waals surface area contributed by atoms with Crippen molar-refractivity contribution in [3.05, 3.63) is 168 Å². The van der Waals surface area contributed by atoms with Gasteiger partial charge >= 0.3 is 5.97 Å². The molecule has 6 aromatic carbocycles. The van der Waals surface area contributed by atoms with Crippen molar-refractivity contribution in [2.45, 2.75) is 26.2 Å². The lowest BCUT2D eigenvalue weighted by Gasteiger charge is -2.15. The predicted molar refractivity (Wildman–Crippen MR) is 181 cm³/mol. The second-order valence-corrected chi connectivity index (χ2v) is 11.6. The van der Waals surface area contributed by atoms with Crippen LogP contribution in [0.2, 0.25) is 0 Å². The van der Waals surface area contributed by atoms with Gasteiger partial charge in [-0.15, -0.1) is 0 Å². The van der Waals surface area contributed by atoms with Gasteiger partial charge in [-0.1, -0.05) is 111 Å². The molecular formula is C41H33NO2. The largest absolute Gasteiger partial charge is 0.423 e. The van der Waals surface area contributed by atoms with Gasteiger partial charge in [-0.05, 0) is 88.7 Å². The summed E-state index contributed by atoms with van der Waals surface area (Å²) in [6, 6.07) is 49.6. The number of nitrogens with zero attached hydrogens (tertiary/aromatic N) is 1. The van der Waals surface area contributed by atoms with Crippen LogP contribution >= 0.6 is 0 Å². The van der Waals surface area contributed by atoms with Crippen molar-refractivity contribution < 1.29 is 9.53 Å². The van der Waals surface area contributed by atoms with Crippen LogP contribution in [0.4, 0.5) is 0 Å². The van der Waals surface area contributed by atoms with Crippen LogP contribution in [0, 0.1) is 0 Å². The molecule has 7 aromatic rings. The van der Waals surface area contributed by atoms with Crippen molar-refractivity contribution in [1.29, 1.82) is 0 Å². The highest BCUT2D eigenvalue weighted by Crippen LogP contribution is 2.33. The van der Waals surface area contributed by atoms with Gasteiger partial charge in [-0.25, -0.2) is 4.79 Å². The summed E-state index contributed by atoms with van der Waals surface area (Å²) in [6.07, 6.45) is 0.857. The first-order chi connectivity index (χ1) is 21.5. The zero-order chi connectivity index (χ0) is 30.0. The van der Waals surface area contributed by atoms with Crippen LogP contribution in [0.1, 0.15) is 46.8 Å². The van der Waals surface area contributed by atoms with Gasteiger partial charge in [0, 0.05) is 16.5 Å². The Hall–Kier alpha value is -5.41. The minimum Gasteiger partial charge on any atom is -0.423 e. The van der Waals surface area contributed by atoms with Crippen molar-refractivity contribution >= 4 is 27.8 Å². The number of hydrogen-bond acceptors (Lipinski definition) is 2. The predicted octanol–water partition coefficient (Wildman–Crippen LogP) is 10.4. The highest BCUT2D eigenvalue weighted by atomic mass is 16.5. The lowest BCUT2D eigenvalue weighted by molar-refractivity contribution is 0.0735. The summed E-state index contributed by atoms with van der Waals surface area (Å²) in [4.78, 5) is 13.1. The van der Waals surface area contributed by atoms with Crippen LogP contribution in [0.3, 0.4) is 0 Å². The Balaban J connectivity index is 1.12. The molecule has 0 aliphatic heterocycles. The monoisotopic (exact) mass is 571 g/mol. The Morgan fingerprint density at radius 2 is 1.27 bits per heavy atom. The fraction of sp³-hybridized carbons (Fsp3) is 0.0976. The van der Waals surface area contributed by atoms with E-state index in [9.17, 15) is 4.79 Å². The number of fused-ring (bicyclic) bond motifs is 3. The van der Waals surface area contributed by atoms with Gasteiger partial charge < -0.3 is 9.30 Å². The van der Waals surface area contributed by atoms with Crippen molar-refractivity contribution in [2.24, 2.45) is 0 Å². The Morgan fingerprint density at radius 3 is 1.91 bits per heavy atom. The Morgan fingerprint density at radius 1 is 0.659 bits per heavy atom. The SMILES string of the molecule is CC(C)c1ccc(Cc2ccccc2)c(-c2ccc(OC(=O)c3ccc(-n4c5ccccc5c5ccccc54)cc3)cc2)c1. The maximum absolute atomic E-state index is 13.1. The Labute approximate surface area is 258 Å². The highest BCUT2D eigenvalue weighted by Gasteiger charge is 2.14. The van der Waals surface area contributed by atoms with Crippen molar-refractivity contribution in [3.63, 3.8) is 0 Å². The maximum Gasteiger partial charge on any atom is 0.343 e. The molecule has 3 heteroatoms. The third-order valence-corrected chi connectivity index (χ3v) is 8.36. The first-order valence-corrected chi connectivity index (χ1v) is 15.1. The first-order valence-electron chi connectivity index (χ1n) is 15.1. The third kappa shape index (κ3) is 5.29. The quantitative estimate of drug-likeness (QED) is 0.141. The standard InChI is InChI=1S/C41H33NO2/c1-28(2)32-16-17-33(26-29-10-4-3-5-11-29)38(27-32)30-20-24-35(25-21-30)44-41(43)31-18-22-34(23-19-31)42-39-14-8-6-12-36(39)37-13-7-9-15-40(37)42/h3-25,27-28H,26H2,1-2H3. The Kier molecular flexibility index (Phi) is 7.29. The lowest BCUT2D eigenvalue weighted by atomic mass is 9.90.